The molecule has 0 atom stereocenters. The van der Waals surface area contributed by atoms with E-state index in [0.717, 1.165) is 6.54 Å². The second-order valence-electron chi connectivity index (χ2n) is 5.49. The zero-order valence-corrected chi connectivity index (χ0v) is 10.8. The molecular formula is C12H19N3O3. The summed E-state index contributed by atoms with van der Waals surface area (Å²) in [5, 5.41) is 5.32. The zero-order valence-electron chi connectivity index (χ0n) is 10.8. The zero-order chi connectivity index (χ0) is 13.3. The molecule has 2 fully saturated rings. The molecule has 0 spiro atoms. The molecule has 1 saturated heterocycles. The molecule has 100 valence electrons. The summed E-state index contributed by atoms with van der Waals surface area (Å²) in [5.74, 6) is -0.356. The van der Waals surface area contributed by atoms with Crippen LogP contribution in [0.2, 0.25) is 0 Å². The molecule has 0 unspecified atom stereocenters. The second kappa shape index (κ2) is 4.68. The monoisotopic (exact) mass is 253 g/mol. The Balaban J connectivity index is 1.92. The predicted octanol–water partition coefficient (Wildman–Crippen LogP) is -0.750. The van der Waals surface area contributed by atoms with Gasteiger partial charge in [0.25, 0.3) is 5.91 Å². The van der Waals surface area contributed by atoms with Crippen LogP contribution in [-0.2, 0) is 14.4 Å². The Morgan fingerprint density at radius 2 is 2.11 bits per heavy atom. The maximum atomic E-state index is 12.0. The lowest BCUT2D eigenvalue weighted by Gasteiger charge is -2.40. The van der Waals surface area contributed by atoms with Crippen LogP contribution in [0.25, 0.3) is 0 Å². The molecule has 18 heavy (non-hydrogen) atoms. The third-order valence-electron chi connectivity index (χ3n) is 3.49. The topological polar surface area (TPSA) is 78.5 Å². The second-order valence-corrected chi connectivity index (χ2v) is 5.49. The molecule has 1 heterocycles. The minimum Gasteiger partial charge on any atom is -0.318 e. The summed E-state index contributed by atoms with van der Waals surface area (Å²) in [4.78, 5) is 36.4. The standard InChI is InChI=1S/C12H19N3O3/c1-12(2)11(18)14-9(16)7-15(12)10(17)6-13-5-8-3-4-8/h8,13H,3-7H2,1-2H3,(H,14,16,18). The molecule has 0 aromatic carbocycles. The average Bonchev–Trinajstić information content (AvgIpc) is 3.07. The summed E-state index contributed by atoms with van der Waals surface area (Å²) < 4.78 is 0. The van der Waals surface area contributed by atoms with Crippen molar-refractivity contribution in [2.24, 2.45) is 5.92 Å². The largest absolute Gasteiger partial charge is 0.318 e. The molecular weight excluding hydrogens is 234 g/mol. The van der Waals surface area contributed by atoms with Crippen LogP contribution in [0, 0.1) is 5.92 Å². The number of hydrogen-bond acceptors (Lipinski definition) is 4. The van der Waals surface area contributed by atoms with E-state index in [9.17, 15) is 14.4 Å². The van der Waals surface area contributed by atoms with Gasteiger partial charge in [0.2, 0.25) is 11.8 Å². The van der Waals surface area contributed by atoms with Crippen molar-refractivity contribution in [1.29, 1.82) is 0 Å². The fraction of sp³-hybridized carbons (Fsp3) is 0.750. The number of rotatable bonds is 4. The first kappa shape index (κ1) is 13.0. The van der Waals surface area contributed by atoms with Crippen molar-refractivity contribution >= 4 is 17.7 Å². The molecule has 3 amide bonds. The summed E-state index contributed by atoms with van der Waals surface area (Å²) >= 11 is 0. The Hall–Kier alpha value is -1.43. The van der Waals surface area contributed by atoms with Gasteiger partial charge < -0.3 is 10.2 Å². The van der Waals surface area contributed by atoms with Gasteiger partial charge in [-0.05, 0) is 39.2 Å². The highest BCUT2D eigenvalue weighted by molar-refractivity contribution is 6.06. The van der Waals surface area contributed by atoms with E-state index in [1.807, 2.05) is 0 Å². The Bertz CT molecular complexity index is 388. The normalized spacial score (nSPS) is 22.9. The molecule has 0 bridgehead atoms. The number of nitrogens with one attached hydrogen (secondary N) is 2. The predicted molar refractivity (Wildman–Crippen MR) is 64.5 cm³/mol. The Labute approximate surface area is 106 Å². The van der Waals surface area contributed by atoms with Crippen LogP contribution in [0.3, 0.4) is 0 Å². The van der Waals surface area contributed by atoms with Gasteiger partial charge in [0, 0.05) is 0 Å². The number of imide groups is 1. The van der Waals surface area contributed by atoms with E-state index in [2.05, 4.69) is 10.6 Å². The van der Waals surface area contributed by atoms with Crippen molar-refractivity contribution in [3.8, 4) is 0 Å². The number of carbonyl (C=O) groups is 3. The van der Waals surface area contributed by atoms with Gasteiger partial charge in [0.1, 0.15) is 12.1 Å². The maximum absolute atomic E-state index is 12.0. The number of amides is 3. The van der Waals surface area contributed by atoms with Gasteiger partial charge >= 0.3 is 0 Å². The minimum atomic E-state index is -0.966. The van der Waals surface area contributed by atoms with Crippen molar-refractivity contribution in [3.05, 3.63) is 0 Å². The van der Waals surface area contributed by atoms with Crippen molar-refractivity contribution in [2.75, 3.05) is 19.6 Å². The van der Waals surface area contributed by atoms with Gasteiger partial charge in [0.05, 0.1) is 6.54 Å². The van der Waals surface area contributed by atoms with E-state index >= 15 is 0 Å². The van der Waals surface area contributed by atoms with E-state index in [1.54, 1.807) is 13.8 Å². The van der Waals surface area contributed by atoms with Crippen molar-refractivity contribution in [1.82, 2.24) is 15.5 Å². The molecule has 1 aliphatic heterocycles. The van der Waals surface area contributed by atoms with Crippen molar-refractivity contribution in [3.63, 3.8) is 0 Å². The van der Waals surface area contributed by atoms with Gasteiger partial charge in [-0.2, -0.15) is 0 Å². The van der Waals surface area contributed by atoms with Crippen molar-refractivity contribution < 1.29 is 14.4 Å². The fourth-order valence-corrected chi connectivity index (χ4v) is 1.98. The number of hydrogen-bond donors (Lipinski definition) is 2. The van der Waals surface area contributed by atoms with Gasteiger partial charge in [-0.15, -0.1) is 0 Å². The molecule has 1 aliphatic carbocycles. The van der Waals surface area contributed by atoms with E-state index in [-0.39, 0.29) is 19.0 Å². The van der Waals surface area contributed by atoms with Crippen LogP contribution in [0.15, 0.2) is 0 Å². The van der Waals surface area contributed by atoms with Crippen LogP contribution in [0.4, 0.5) is 0 Å². The third-order valence-corrected chi connectivity index (χ3v) is 3.49. The van der Waals surface area contributed by atoms with E-state index in [0.29, 0.717) is 5.92 Å². The number of carbonyl (C=O) groups excluding carboxylic acids is 3. The summed E-state index contributed by atoms with van der Waals surface area (Å²) in [6.07, 6.45) is 2.44. The van der Waals surface area contributed by atoms with Crippen LogP contribution in [-0.4, -0.2) is 47.8 Å². The Kier molecular flexibility index (Phi) is 3.38. The molecule has 6 nitrogen and oxygen atoms in total. The molecule has 0 radical (unpaired) electrons. The average molecular weight is 253 g/mol. The van der Waals surface area contributed by atoms with Crippen LogP contribution in [0.1, 0.15) is 26.7 Å². The van der Waals surface area contributed by atoms with Gasteiger partial charge in [-0.3, -0.25) is 19.7 Å². The number of piperazine rings is 1. The molecule has 2 aliphatic rings. The summed E-state index contributed by atoms with van der Waals surface area (Å²) in [5.41, 5.74) is -0.966. The highest BCUT2D eigenvalue weighted by atomic mass is 16.2. The highest BCUT2D eigenvalue weighted by Gasteiger charge is 2.43. The lowest BCUT2D eigenvalue weighted by atomic mass is 9.98. The maximum Gasteiger partial charge on any atom is 0.252 e. The third kappa shape index (κ3) is 2.69. The highest BCUT2D eigenvalue weighted by Crippen LogP contribution is 2.27. The first-order valence-electron chi connectivity index (χ1n) is 6.26. The van der Waals surface area contributed by atoms with Crippen molar-refractivity contribution in [2.45, 2.75) is 32.2 Å². The Morgan fingerprint density at radius 1 is 1.44 bits per heavy atom. The van der Waals surface area contributed by atoms with E-state index in [1.165, 1.54) is 17.7 Å². The molecule has 0 aromatic heterocycles. The smallest absolute Gasteiger partial charge is 0.252 e. The fourth-order valence-electron chi connectivity index (χ4n) is 1.98. The Morgan fingerprint density at radius 3 is 2.72 bits per heavy atom. The quantitative estimate of drug-likeness (QED) is 0.646. The van der Waals surface area contributed by atoms with Crippen LogP contribution < -0.4 is 10.6 Å². The van der Waals surface area contributed by atoms with Gasteiger partial charge in [-0.1, -0.05) is 0 Å². The van der Waals surface area contributed by atoms with Crippen LogP contribution >= 0.6 is 0 Å². The van der Waals surface area contributed by atoms with Gasteiger partial charge in [-0.25, -0.2) is 0 Å². The summed E-state index contributed by atoms with van der Waals surface area (Å²) in [7, 11) is 0. The minimum absolute atomic E-state index is 0.0529. The molecule has 2 rings (SSSR count). The molecule has 2 N–H and O–H groups in total. The van der Waals surface area contributed by atoms with Gasteiger partial charge in [0.15, 0.2) is 0 Å². The lowest BCUT2D eigenvalue weighted by molar-refractivity contribution is -0.155. The van der Waals surface area contributed by atoms with E-state index in [4.69, 9.17) is 0 Å². The molecule has 0 aromatic rings. The SMILES string of the molecule is CC1(C)C(=O)NC(=O)CN1C(=O)CNCC1CC1. The first-order valence-corrected chi connectivity index (χ1v) is 6.26. The molecule has 6 heteroatoms. The summed E-state index contributed by atoms with van der Waals surface area (Å²) in [6, 6.07) is 0. The number of nitrogens with zero attached hydrogens (tertiary/aromatic N) is 1. The lowest BCUT2D eigenvalue weighted by Crippen LogP contribution is -2.66. The van der Waals surface area contributed by atoms with E-state index < -0.39 is 17.4 Å². The molecule has 1 saturated carbocycles. The summed E-state index contributed by atoms with van der Waals surface area (Å²) in [6.45, 7) is 4.25. The first-order chi connectivity index (χ1) is 8.41. The van der Waals surface area contributed by atoms with Crippen LogP contribution in [0.5, 0.6) is 0 Å².